The standard InChI is InChI=1S/C19H18N2O2S/c1-13-3-6-15(7-4-13)16-9-10-24-18(16)19(22)21-12-14-5-8-17(23-2)20-11-14/h3-11H,12H2,1-2H3,(H,21,22). The molecule has 3 aromatic rings. The zero-order valence-electron chi connectivity index (χ0n) is 13.6. The molecule has 122 valence electrons. The van der Waals surface area contributed by atoms with Gasteiger partial charge in [0.15, 0.2) is 0 Å². The van der Waals surface area contributed by atoms with Crippen molar-refractivity contribution >= 4 is 17.2 Å². The SMILES string of the molecule is COc1ccc(CNC(=O)c2sccc2-c2ccc(C)cc2)cn1. The number of rotatable bonds is 5. The lowest BCUT2D eigenvalue weighted by Gasteiger charge is -2.07. The van der Waals surface area contributed by atoms with Gasteiger partial charge in [-0.25, -0.2) is 4.98 Å². The van der Waals surface area contributed by atoms with Crippen LogP contribution in [0.1, 0.15) is 20.8 Å². The van der Waals surface area contributed by atoms with Crippen molar-refractivity contribution in [1.29, 1.82) is 0 Å². The number of methoxy groups -OCH3 is 1. The van der Waals surface area contributed by atoms with Gasteiger partial charge in [0.25, 0.3) is 5.91 Å². The lowest BCUT2D eigenvalue weighted by molar-refractivity contribution is 0.0955. The van der Waals surface area contributed by atoms with Gasteiger partial charge in [-0.1, -0.05) is 35.9 Å². The predicted molar refractivity (Wildman–Crippen MR) is 96.5 cm³/mol. The Bertz CT molecular complexity index is 823. The van der Waals surface area contributed by atoms with Gasteiger partial charge in [0.2, 0.25) is 5.88 Å². The molecule has 0 aliphatic heterocycles. The second-order valence-corrected chi connectivity index (χ2v) is 6.34. The normalized spacial score (nSPS) is 10.4. The fourth-order valence-corrected chi connectivity index (χ4v) is 3.18. The third kappa shape index (κ3) is 3.63. The first-order valence-corrected chi connectivity index (χ1v) is 8.47. The molecule has 0 spiro atoms. The molecule has 5 heteroatoms. The number of ether oxygens (including phenoxy) is 1. The second-order valence-electron chi connectivity index (χ2n) is 5.42. The van der Waals surface area contributed by atoms with Gasteiger partial charge in [-0.15, -0.1) is 11.3 Å². The average Bonchev–Trinajstić information content (AvgIpc) is 3.10. The Kier molecular flexibility index (Phi) is 4.91. The minimum Gasteiger partial charge on any atom is -0.481 e. The molecule has 0 aliphatic rings. The van der Waals surface area contributed by atoms with Crippen LogP contribution in [0.5, 0.6) is 5.88 Å². The van der Waals surface area contributed by atoms with Crippen molar-refractivity contribution in [1.82, 2.24) is 10.3 Å². The van der Waals surface area contributed by atoms with Gasteiger partial charge in [0.1, 0.15) is 0 Å². The average molecular weight is 338 g/mol. The van der Waals surface area contributed by atoms with Crippen LogP contribution in [-0.4, -0.2) is 18.0 Å². The van der Waals surface area contributed by atoms with E-state index >= 15 is 0 Å². The maximum atomic E-state index is 12.5. The number of hydrogen-bond donors (Lipinski definition) is 1. The van der Waals surface area contributed by atoms with Crippen molar-refractivity contribution in [2.45, 2.75) is 13.5 Å². The second kappa shape index (κ2) is 7.27. The van der Waals surface area contributed by atoms with E-state index in [-0.39, 0.29) is 5.91 Å². The van der Waals surface area contributed by atoms with Crippen LogP contribution in [0.4, 0.5) is 0 Å². The molecule has 0 radical (unpaired) electrons. The van der Waals surface area contributed by atoms with Crippen molar-refractivity contribution in [3.05, 3.63) is 70.0 Å². The molecule has 1 N–H and O–H groups in total. The van der Waals surface area contributed by atoms with Gasteiger partial charge in [0.05, 0.1) is 12.0 Å². The highest BCUT2D eigenvalue weighted by Gasteiger charge is 2.14. The quantitative estimate of drug-likeness (QED) is 0.763. The first-order valence-electron chi connectivity index (χ1n) is 7.59. The predicted octanol–water partition coefficient (Wildman–Crippen LogP) is 4.06. The molecule has 0 aliphatic carbocycles. The van der Waals surface area contributed by atoms with Gasteiger partial charge < -0.3 is 10.1 Å². The first-order chi connectivity index (χ1) is 11.7. The summed E-state index contributed by atoms with van der Waals surface area (Å²) in [6, 6.07) is 13.9. The van der Waals surface area contributed by atoms with Gasteiger partial charge in [-0.2, -0.15) is 0 Å². The van der Waals surface area contributed by atoms with E-state index in [4.69, 9.17) is 4.74 Å². The van der Waals surface area contributed by atoms with Crippen LogP contribution in [-0.2, 0) is 6.54 Å². The van der Waals surface area contributed by atoms with Crippen LogP contribution >= 0.6 is 11.3 Å². The number of nitrogens with zero attached hydrogens (tertiary/aromatic N) is 1. The molecule has 0 saturated carbocycles. The fraction of sp³-hybridized carbons (Fsp3) is 0.158. The van der Waals surface area contributed by atoms with Crippen molar-refractivity contribution in [2.75, 3.05) is 7.11 Å². The first kappa shape index (κ1) is 16.2. The number of aromatic nitrogens is 1. The van der Waals surface area contributed by atoms with E-state index in [1.807, 2.05) is 36.6 Å². The number of aryl methyl sites for hydroxylation is 1. The molecule has 0 unspecified atom stereocenters. The lowest BCUT2D eigenvalue weighted by atomic mass is 10.0. The lowest BCUT2D eigenvalue weighted by Crippen LogP contribution is -2.22. The van der Waals surface area contributed by atoms with Crippen molar-refractivity contribution in [2.24, 2.45) is 0 Å². The van der Waals surface area contributed by atoms with E-state index < -0.39 is 0 Å². The molecule has 0 bridgehead atoms. The number of hydrogen-bond acceptors (Lipinski definition) is 4. The van der Waals surface area contributed by atoms with E-state index in [1.165, 1.54) is 16.9 Å². The summed E-state index contributed by atoms with van der Waals surface area (Å²) >= 11 is 1.45. The number of carbonyl (C=O) groups excluding carboxylic acids is 1. The zero-order chi connectivity index (χ0) is 16.9. The Balaban J connectivity index is 1.71. The summed E-state index contributed by atoms with van der Waals surface area (Å²) in [4.78, 5) is 17.4. The van der Waals surface area contributed by atoms with E-state index in [0.29, 0.717) is 12.4 Å². The van der Waals surface area contributed by atoms with E-state index in [1.54, 1.807) is 19.4 Å². The number of amides is 1. The Morgan fingerprint density at radius 2 is 1.96 bits per heavy atom. The highest BCUT2D eigenvalue weighted by atomic mass is 32.1. The number of nitrogens with one attached hydrogen (secondary N) is 1. The minimum atomic E-state index is -0.0728. The van der Waals surface area contributed by atoms with Crippen LogP contribution < -0.4 is 10.1 Å². The van der Waals surface area contributed by atoms with Gasteiger partial charge in [-0.3, -0.25) is 4.79 Å². The van der Waals surface area contributed by atoms with E-state index in [0.717, 1.165) is 21.6 Å². The number of pyridine rings is 1. The smallest absolute Gasteiger partial charge is 0.262 e. The summed E-state index contributed by atoms with van der Waals surface area (Å²) in [6.45, 7) is 2.48. The molecule has 24 heavy (non-hydrogen) atoms. The Morgan fingerprint density at radius 3 is 2.62 bits per heavy atom. The largest absolute Gasteiger partial charge is 0.481 e. The molecule has 0 fully saturated rings. The van der Waals surface area contributed by atoms with Crippen LogP contribution in [0.3, 0.4) is 0 Å². The molecule has 2 heterocycles. The summed E-state index contributed by atoms with van der Waals surface area (Å²) in [5, 5.41) is 4.89. The molecule has 0 saturated heterocycles. The molecule has 1 amide bonds. The van der Waals surface area contributed by atoms with E-state index in [9.17, 15) is 4.79 Å². The molecular formula is C19H18N2O2S. The Hall–Kier alpha value is -2.66. The fourth-order valence-electron chi connectivity index (χ4n) is 2.34. The highest BCUT2D eigenvalue weighted by molar-refractivity contribution is 7.12. The summed E-state index contributed by atoms with van der Waals surface area (Å²) in [5.74, 6) is 0.487. The highest BCUT2D eigenvalue weighted by Crippen LogP contribution is 2.28. The maximum absolute atomic E-state index is 12.5. The molecule has 4 nitrogen and oxygen atoms in total. The molecule has 0 atom stereocenters. The third-order valence-corrected chi connectivity index (χ3v) is 4.61. The third-order valence-electron chi connectivity index (χ3n) is 3.69. The summed E-state index contributed by atoms with van der Waals surface area (Å²) in [7, 11) is 1.58. The summed E-state index contributed by atoms with van der Waals surface area (Å²) < 4.78 is 5.03. The summed E-state index contributed by atoms with van der Waals surface area (Å²) in [5.41, 5.74) is 4.15. The Labute approximate surface area is 145 Å². The number of carbonyl (C=O) groups is 1. The number of thiophene rings is 1. The molecule has 3 rings (SSSR count). The van der Waals surface area contributed by atoms with Crippen molar-refractivity contribution in [3.63, 3.8) is 0 Å². The molecular weight excluding hydrogens is 320 g/mol. The van der Waals surface area contributed by atoms with Crippen LogP contribution in [0, 0.1) is 6.92 Å². The van der Waals surface area contributed by atoms with Gasteiger partial charge in [-0.05, 0) is 29.5 Å². The molecule has 2 aromatic heterocycles. The zero-order valence-corrected chi connectivity index (χ0v) is 14.4. The monoisotopic (exact) mass is 338 g/mol. The summed E-state index contributed by atoms with van der Waals surface area (Å²) in [6.07, 6.45) is 1.70. The van der Waals surface area contributed by atoms with Gasteiger partial charge >= 0.3 is 0 Å². The number of benzene rings is 1. The topological polar surface area (TPSA) is 51.2 Å². The maximum Gasteiger partial charge on any atom is 0.262 e. The van der Waals surface area contributed by atoms with Crippen molar-refractivity contribution < 1.29 is 9.53 Å². The van der Waals surface area contributed by atoms with Crippen LogP contribution in [0.15, 0.2) is 54.0 Å². The van der Waals surface area contributed by atoms with Crippen LogP contribution in [0.2, 0.25) is 0 Å². The molecule has 1 aromatic carbocycles. The minimum absolute atomic E-state index is 0.0728. The van der Waals surface area contributed by atoms with Gasteiger partial charge in [0, 0.05) is 24.4 Å². The van der Waals surface area contributed by atoms with Crippen molar-refractivity contribution in [3.8, 4) is 17.0 Å². The van der Waals surface area contributed by atoms with Crippen LogP contribution in [0.25, 0.3) is 11.1 Å². The van der Waals surface area contributed by atoms with E-state index in [2.05, 4.69) is 22.4 Å². The Morgan fingerprint density at radius 1 is 1.17 bits per heavy atom.